The van der Waals surface area contributed by atoms with E-state index < -0.39 is 0 Å². The Morgan fingerprint density at radius 1 is 1.37 bits per heavy atom. The molecule has 104 valence electrons. The van der Waals surface area contributed by atoms with Gasteiger partial charge in [-0.2, -0.15) is 9.61 Å². The van der Waals surface area contributed by atoms with E-state index in [2.05, 4.69) is 17.1 Å². The fourth-order valence-electron chi connectivity index (χ4n) is 2.94. The lowest BCUT2D eigenvalue weighted by atomic mass is 10.1. The van der Waals surface area contributed by atoms with Crippen molar-refractivity contribution in [2.24, 2.45) is 5.73 Å². The topological polar surface area (TPSA) is 69.1 Å². The predicted octanol–water partition coefficient (Wildman–Crippen LogP) is 2.69. The number of nitrogens with two attached hydrogens (primary N) is 1. The van der Waals surface area contributed by atoms with Crippen LogP contribution in [-0.4, -0.2) is 26.4 Å². The van der Waals surface area contributed by atoms with E-state index in [1.165, 1.54) is 25.7 Å². The monoisotopic (exact) mass is 279 g/mol. The fourth-order valence-corrected chi connectivity index (χ4v) is 3.93. The van der Waals surface area contributed by atoms with Gasteiger partial charge < -0.3 is 5.73 Å². The highest BCUT2D eigenvalue weighted by Gasteiger charge is 2.25. The first-order valence-electron chi connectivity index (χ1n) is 7.25. The SMILES string of the molecule is CCCC(CN)c1nn2c(C3CCCC3)nnc2s1. The Kier molecular flexibility index (Phi) is 3.79. The van der Waals surface area contributed by atoms with Crippen molar-refractivity contribution in [1.29, 1.82) is 0 Å². The molecule has 2 heterocycles. The third-order valence-corrected chi connectivity index (χ3v) is 5.08. The zero-order chi connectivity index (χ0) is 13.2. The van der Waals surface area contributed by atoms with E-state index in [0.717, 1.165) is 28.6 Å². The molecule has 0 spiro atoms. The third-order valence-electron chi connectivity index (χ3n) is 4.02. The van der Waals surface area contributed by atoms with Crippen LogP contribution in [0.1, 0.15) is 68.1 Å². The average molecular weight is 279 g/mol. The molecule has 1 saturated carbocycles. The van der Waals surface area contributed by atoms with Crippen molar-refractivity contribution in [3.05, 3.63) is 10.8 Å². The molecule has 0 bridgehead atoms. The van der Waals surface area contributed by atoms with Crippen molar-refractivity contribution in [1.82, 2.24) is 19.8 Å². The second-order valence-electron chi connectivity index (χ2n) is 5.40. The molecule has 2 aromatic rings. The minimum atomic E-state index is 0.369. The van der Waals surface area contributed by atoms with Gasteiger partial charge in [0.25, 0.3) is 0 Å². The maximum Gasteiger partial charge on any atom is 0.234 e. The van der Waals surface area contributed by atoms with Gasteiger partial charge in [-0.25, -0.2) is 0 Å². The summed E-state index contributed by atoms with van der Waals surface area (Å²) in [5.74, 6) is 1.97. The second kappa shape index (κ2) is 5.54. The maximum absolute atomic E-state index is 5.86. The molecule has 2 N–H and O–H groups in total. The van der Waals surface area contributed by atoms with Crippen LogP contribution in [0.5, 0.6) is 0 Å². The molecule has 0 amide bonds. The van der Waals surface area contributed by atoms with E-state index in [1.807, 2.05) is 4.52 Å². The maximum atomic E-state index is 5.86. The van der Waals surface area contributed by atoms with Crippen molar-refractivity contribution in [3.8, 4) is 0 Å². The molecule has 2 aromatic heterocycles. The summed E-state index contributed by atoms with van der Waals surface area (Å²) >= 11 is 1.65. The van der Waals surface area contributed by atoms with Crippen molar-refractivity contribution in [2.75, 3.05) is 6.54 Å². The fraction of sp³-hybridized carbons (Fsp3) is 0.769. The van der Waals surface area contributed by atoms with Crippen LogP contribution in [0.15, 0.2) is 0 Å². The number of rotatable bonds is 5. The lowest BCUT2D eigenvalue weighted by Gasteiger charge is -2.09. The van der Waals surface area contributed by atoms with Crippen LogP contribution < -0.4 is 5.73 Å². The highest BCUT2D eigenvalue weighted by Crippen LogP contribution is 2.34. The molecule has 5 nitrogen and oxygen atoms in total. The summed E-state index contributed by atoms with van der Waals surface area (Å²) in [6.07, 6.45) is 7.29. The summed E-state index contributed by atoms with van der Waals surface area (Å²) in [5, 5.41) is 14.5. The van der Waals surface area contributed by atoms with Crippen molar-refractivity contribution < 1.29 is 0 Å². The van der Waals surface area contributed by atoms with Crippen molar-refractivity contribution >= 4 is 16.3 Å². The van der Waals surface area contributed by atoms with E-state index in [-0.39, 0.29) is 0 Å². The largest absolute Gasteiger partial charge is 0.330 e. The van der Waals surface area contributed by atoms with E-state index >= 15 is 0 Å². The lowest BCUT2D eigenvalue weighted by molar-refractivity contribution is 0.595. The summed E-state index contributed by atoms with van der Waals surface area (Å²) in [5.41, 5.74) is 5.86. The summed E-state index contributed by atoms with van der Waals surface area (Å²) in [4.78, 5) is 0.923. The van der Waals surface area contributed by atoms with E-state index in [4.69, 9.17) is 10.8 Å². The summed E-state index contributed by atoms with van der Waals surface area (Å²) < 4.78 is 1.97. The second-order valence-corrected chi connectivity index (χ2v) is 6.38. The Bertz CT molecular complexity index is 540. The van der Waals surface area contributed by atoms with Gasteiger partial charge in [0, 0.05) is 18.4 Å². The lowest BCUT2D eigenvalue weighted by Crippen LogP contribution is -2.12. The molecule has 1 aliphatic carbocycles. The number of hydrogen-bond acceptors (Lipinski definition) is 5. The normalized spacial score (nSPS) is 18.4. The van der Waals surface area contributed by atoms with Gasteiger partial charge in [0.1, 0.15) is 5.01 Å². The van der Waals surface area contributed by atoms with Gasteiger partial charge in [0.15, 0.2) is 5.82 Å². The van der Waals surface area contributed by atoms with Gasteiger partial charge in [-0.05, 0) is 19.3 Å². The molecule has 19 heavy (non-hydrogen) atoms. The van der Waals surface area contributed by atoms with Crippen LogP contribution in [0.3, 0.4) is 0 Å². The van der Waals surface area contributed by atoms with E-state index in [1.54, 1.807) is 11.3 Å². The molecule has 6 heteroatoms. The molecule has 1 atom stereocenters. The zero-order valence-corrected chi connectivity index (χ0v) is 12.2. The summed E-state index contributed by atoms with van der Waals surface area (Å²) in [6.45, 7) is 2.85. The quantitative estimate of drug-likeness (QED) is 0.913. The zero-order valence-electron chi connectivity index (χ0n) is 11.4. The first-order valence-corrected chi connectivity index (χ1v) is 8.07. The first kappa shape index (κ1) is 13.0. The van der Waals surface area contributed by atoms with Crippen LogP contribution in [0, 0.1) is 0 Å². The molecule has 0 radical (unpaired) electrons. The molecular formula is C13H21N5S. The molecular weight excluding hydrogens is 258 g/mol. The molecule has 3 rings (SSSR count). The number of fused-ring (bicyclic) bond motifs is 1. The Hall–Kier alpha value is -1.01. The van der Waals surface area contributed by atoms with Crippen molar-refractivity contribution in [3.63, 3.8) is 0 Å². The highest BCUT2D eigenvalue weighted by molar-refractivity contribution is 7.16. The number of aromatic nitrogens is 4. The summed E-state index contributed by atoms with van der Waals surface area (Å²) in [7, 11) is 0. The van der Waals surface area contributed by atoms with Gasteiger partial charge in [-0.15, -0.1) is 10.2 Å². The van der Waals surface area contributed by atoms with Gasteiger partial charge >= 0.3 is 0 Å². The van der Waals surface area contributed by atoms with Crippen molar-refractivity contribution in [2.45, 2.75) is 57.3 Å². The van der Waals surface area contributed by atoms with E-state index in [9.17, 15) is 0 Å². The third kappa shape index (κ3) is 2.39. The van der Waals surface area contributed by atoms with Crippen LogP contribution in [0.4, 0.5) is 0 Å². The smallest absolute Gasteiger partial charge is 0.234 e. The van der Waals surface area contributed by atoms with Gasteiger partial charge in [-0.3, -0.25) is 0 Å². The van der Waals surface area contributed by atoms with E-state index in [0.29, 0.717) is 18.4 Å². The number of hydrogen-bond donors (Lipinski definition) is 1. The van der Waals surface area contributed by atoms with Gasteiger partial charge in [-0.1, -0.05) is 37.5 Å². The van der Waals surface area contributed by atoms with Crippen LogP contribution in [-0.2, 0) is 0 Å². The van der Waals surface area contributed by atoms with Gasteiger partial charge in [0.05, 0.1) is 0 Å². The van der Waals surface area contributed by atoms with Crippen LogP contribution in [0.2, 0.25) is 0 Å². The Balaban J connectivity index is 1.92. The minimum absolute atomic E-state index is 0.369. The molecule has 0 saturated heterocycles. The first-order chi connectivity index (χ1) is 9.33. The minimum Gasteiger partial charge on any atom is -0.330 e. The van der Waals surface area contributed by atoms with Crippen LogP contribution in [0.25, 0.3) is 4.96 Å². The molecule has 1 fully saturated rings. The molecule has 0 aromatic carbocycles. The Labute approximate surface area is 117 Å². The molecule has 1 aliphatic rings. The Morgan fingerprint density at radius 2 is 2.16 bits per heavy atom. The van der Waals surface area contributed by atoms with Crippen LogP contribution >= 0.6 is 11.3 Å². The average Bonchev–Trinajstić information content (AvgIpc) is 3.10. The standard InChI is InChI=1S/C13H21N5S/c1-2-5-10(8-14)12-17-18-11(9-6-3-4-7-9)15-16-13(18)19-12/h9-10H,2-8,14H2,1H3. The molecule has 1 unspecified atom stereocenters. The summed E-state index contributed by atoms with van der Waals surface area (Å²) in [6, 6.07) is 0. The highest BCUT2D eigenvalue weighted by atomic mass is 32.1. The molecule has 0 aliphatic heterocycles. The number of nitrogens with zero attached hydrogens (tertiary/aromatic N) is 4. The van der Waals surface area contributed by atoms with Gasteiger partial charge in [0.2, 0.25) is 4.96 Å². The Morgan fingerprint density at radius 3 is 2.84 bits per heavy atom. The predicted molar refractivity (Wildman–Crippen MR) is 76.6 cm³/mol.